The van der Waals surface area contributed by atoms with Crippen molar-refractivity contribution < 1.29 is 8.42 Å². The molecule has 0 radical (unpaired) electrons. The number of sulfonamides is 1. The van der Waals surface area contributed by atoms with Gasteiger partial charge in [-0.1, -0.05) is 17.7 Å². The number of nitrogens with one attached hydrogen (secondary N) is 3. The van der Waals surface area contributed by atoms with Crippen LogP contribution >= 0.6 is 11.6 Å². The van der Waals surface area contributed by atoms with Crippen LogP contribution in [-0.4, -0.2) is 18.4 Å². The molecule has 0 saturated heterocycles. The second-order valence-electron chi connectivity index (χ2n) is 4.85. The molecular formula is C14H12ClN3O3S. The van der Waals surface area contributed by atoms with Crippen molar-refractivity contribution in [1.82, 2.24) is 9.97 Å². The molecule has 0 bridgehead atoms. The second kappa shape index (κ2) is 5.19. The molecule has 1 heterocycles. The molecule has 114 valence electrons. The van der Waals surface area contributed by atoms with Gasteiger partial charge in [0.2, 0.25) is 0 Å². The number of benzene rings is 2. The molecule has 3 N–H and O–H groups in total. The molecule has 0 atom stereocenters. The Morgan fingerprint density at radius 2 is 1.77 bits per heavy atom. The van der Waals surface area contributed by atoms with Crippen LogP contribution in [0.4, 0.5) is 5.69 Å². The number of hydrogen-bond donors (Lipinski definition) is 3. The highest BCUT2D eigenvalue weighted by Crippen LogP contribution is 2.24. The van der Waals surface area contributed by atoms with E-state index in [1.165, 1.54) is 18.2 Å². The van der Waals surface area contributed by atoms with Crippen molar-refractivity contribution in [2.45, 2.75) is 11.8 Å². The Morgan fingerprint density at radius 3 is 2.55 bits per heavy atom. The lowest BCUT2D eigenvalue weighted by Crippen LogP contribution is -2.13. The zero-order valence-electron chi connectivity index (χ0n) is 11.5. The van der Waals surface area contributed by atoms with Gasteiger partial charge in [0, 0.05) is 5.02 Å². The Morgan fingerprint density at radius 1 is 1.05 bits per heavy atom. The van der Waals surface area contributed by atoms with Gasteiger partial charge in [-0.2, -0.15) is 0 Å². The molecule has 1 aromatic heterocycles. The summed E-state index contributed by atoms with van der Waals surface area (Å²) in [4.78, 5) is 16.4. The SMILES string of the molecule is Cc1ccc(Cl)cc1NS(=O)(=O)c1ccc2[nH]c(=O)[nH]c2c1. The Labute approximate surface area is 131 Å². The van der Waals surface area contributed by atoms with E-state index in [2.05, 4.69) is 14.7 Å². The van der Waals surface area contributed by atoms with Crippen molar-refractivity contribution in [1.29, 1.82) is 0 Å². The maximum atomic E-state index is 12.5. The highest BCUT2D eigenvalue weighted by Gasteiger charge is 2.16. The third-order valence-corrected chi connectivity index (χ3v) is 4.84. The zero-order chi connectivity index (χ0) is 15.9. The minimum atomic E-state index is -3.78. The fourth-order valence-electron chi connectivity index (χ4n) is 2.09. The van der Waals surface area contributed by atoms with E-state index in [1.807, 2.05) is 0 Å². The van der Waals surface area contributed by atoms with Gasteiger partial charge >= 0.3 is 5.69 Å². The van der Waals surface area contributed by atoms with Gasteiger partial charge in [0.25, 0.3) is 10.0 Å². The van der Waals surface area contributed by atoms with E-state index >= 15 is 0 Å². The minimum absolute atomic E-state index is 0.0506. The Balaban J connectivity index is 2.03. The molecule has 6 nitrogen and oxygen atoms in total. The number of aromatic nitrogens is 2. The third-order valence-electron chi connectivity index (χ3n) is 3.24. The average Bonchev–Trinajstić information content (AvgIpc) is 2.81. The summed E-state index contributed by atoms with van der Waals surface area (Å²) in [5.74, 6) is 0. The van der Waals surface area contributed by atoms with E-state index in [4.69, 9.17) is 11.6 Å². The number of halogens is 1. The number of rotatable bonds is 3. The molecule has 2 aromatic carbocycles. The lowest BCUT2D eigenvalue weighted by atomic mass is 10.2. The van der Waals surface area contributed by atoms with Crippen LogP contribution < -0.4 is 10.4 Å². The maximum Gasteiger partial charge on any atom is 0.323 e. The van der Waals surface area contributed by atoms with Gasteiger partial charge in [-0.3, -0.25) is 4.72 Å². The number of hydrogen-bond acceptors (Lipinski definition) is 3. The molecule has 0 aliphatic rings. The first-order chi connectivity index (χ1) is 10.3. The first kappa shape index (κ1) is 14.7. The standard InChI is InChI=1S/C14H12ClN3O3S/c1-8-2-3-9(15)6-12(8)18-22(20,21)10-4-5-11-13(7-10)17-14(19)16-11/h2-7,18H,1H3,(H2,16,17,19). The molecular weight excluding hydrogens is 326 g/mol. The molecule has 0 spiro atoms. The van der Waals surface area contributed by atoms with Gasteiger partial charge in [-0.15, -0.1) is 0 Å². The predicted molar refractivity (Wildman–Crippen MR) is 85.9 cm³/mol. The number of fused-ring (bicyclic) bond motifs is 1. The topological polar surface area (TPSA) is 94.8 Å². The van der Waals surface area contributed by atoms with Crippen LogP contribution in [0.2, 0.25) is 5.02 Å². The largest absolute Gasteiger partial charge is 0.323 e. The van der Waals surface area contributed by atoms with Crippen molar-refractivity contribution in [3.8, 4) is 0 Å². The van der Waals surface area contributed by atoms with Crippen molar-refractivity contribution in [2.75, 3.05) is 4.72 Å². The molecule has 3 rings (SSSR count). The van der Waals surface area contributed by atoms with E-state index in [9.17, 15) is 13.2 Å². The second-order valence-corrected chi connectivity index (χ2v) is 6.97. The normalized spacial score (nSPS) is 11.7. The fraction of sp³-hybridized carbons (Fsp3) is 0.0714. The van der Waals surface area contributed by atoms with Gasteiger partial charge < -0.3 is 9.97 Å². The summed E-state index contributed by atoms with van der Waals surface area (Å²) in [7, 11) is -3.78. The lowest BCUT2D eigenvalue weighted by Gasteiger charge is -2.11. The van der Waals surface area contributed by atoms with Gasteiger partial charge in [0.05, 0.1) is 21.6 Å². The fourth-order valence-corrected chi connectivity index (χ4v) is 3.41. The van der Waals surface area contributed by atoms with Crippen LogP contribution in [-0.2, 0) is 10.0 Å². The molecule has 8 heteroatoms. The summed E-state index contributed by atoms with van der Waals surface area (Å²) in [5, 5.41) is 0.439. The van der Waals surface area contributed by atoms with Crippen LogP contribution in [0.1, 0.15) is 5.56 Å². The molecule has 0 aliphatic carbocycles. The van der Waals surface area contributed by atoms with Gasteiger partial charge in [-0.25, -0.2) is 13.2 Å². The van der Waals surface area contributed by atoms with Gasteiger partial charge in [-0.05, 0) is 42.8 Å². The monoisotopic (exact) mass is 337 g/mol. The molecule has 0 aliphatic heterocycles. The van der Waals surface area contributed by atoms with Crippen molar-refractivity contribution in [3.63, 3.8) is 0 Å². The van der Waals surface area contributed by atoms with E-state index in [0.717, 1.165) is 5.56 Å². The zero-order valence-corrected chi connectivity index (χ0v) is 13.0. The minimum Gasteiger partial charge on any atom is -0.306 e. The number of anilines is 1. The number of aromatic amines is 2. The molecule has 3 aromatic rings. The van der Waals surface area contributed by atoms with Crippen LogP contribution in [0.3, 0.4) is 0 Å². The molecule has 0 fully saturated rings. The van der Waals surface area contributed by atoms with Gasteiger partial charge in [0.15, 0.2) is 0 Å². The third kappa shape index (κ3) is 2.72. The molecule has 0 unspecified atom stereocenters. The number of H-pyrrole nitrogens is 2. The first-order valence-corrected chi connectivity index (χ1v) is 8.22. The Bertz CT molecular complexity index is 1020. The quantitative estimate of drug-likeness (QED) is 0.685. The highest BCUT2D eigenvalue weighted by molar-refractivity contribution is 7.92. The summed E-state index contributed by atoms with van der Waals surface area (Å²) in [6, 6.07) is 9.32. The van der Waals surface area contributed by atoms with Crippen molar-refractivity contribution >= 4 is 38.3 Å². The maximum absolute atomic E-state index is 12.5. The van der Waals surface area contributed by atoms with Crippen LogP contribution in [0.15, 0.2) is 46.1 Å². The smallest absolute Gasteiger partial charge is 0.306 e. The molecule has 0 amide bonds. The summed E-state index contributed by atoms with van der Waals surface area (Å²) < 4.78 is 27.4. The first-order valence-electron chi connectivity index (χ1n) is 6.36. The van der Waals surface area contributed by atoms with E-state index in [0.29, 0.717) is 21.7 Å². The number of aryl methyl sites for hydroxylation is 1. The Kier molecular flexibility index (Phi) is 3.46. The van der Waals surface area contributed by atoms with Gasteiger partial charge in [0.1, 0.15) is 0 Å². The van der Waals surface area contributed by atoms with E-state index in [-0.39, 0.29) is 10.6 Å². The summed E-state index contributed by atoms with van der Waals surface area (Å²) in [6.45, 7) is 1.78. The van der Waals surface area contributed by atoms with E-state index < -0.39 is 10.0 Å². The van der Waals surface area contributed by atoms with Crippen LogP contribution in [0, 0.1) is 6.92 Å². The Hall–Kier alpha value is -2.25. The van der Waals surface area contributed by atoms with Crippen molar-refractivity contribution in [2.24, 2.45) is 0 Å². The number of imidazole rings is 1. The average molecular weight is 338 g/mol. The van der Waals surface area contributed by atoms with Crippen LogP contribution in [0.5, 0.6) is 0 Å². The van der Waals surface area contributed by atoms with Crippen LogP contribution in [0.25, 0.3) is 11.0 Å². The summed E-state index contributed by atoms with van der Waals surface area (Å²) in [5.41, 5.74) is 1.75. The summed E-state index contributed by atoms with van der Waals surface area (Å²) >= 11 is 5.89. The van der Waals surface area contributed by atoms with Crippen molar-refractivity contribution in [3.05, 3.63) is 57.5 Å². The molecule has 0 saturated carbocycles. The predicted octanol–water partition coefficient (Wildman–Crippen LogP) is 2.62. The van der Waals surface area contributed by atoms with E-state index in [1.54, 1.807) is 25.1 Å². The lowest BCUT2D eigenvalue weighted by molar-refractivity contribution is 0.601. The summed E-state index contributed by atoms with van der Waals surface area (Å²) in [6.07, 6.45) is 0. The molecule has 22 heavy (non-hydrogen) atoms. The highest BCUT2D eigenvalue weighted by atomic mass is 35.5.